The van der Waals surface area contributed by atoms with Gasteiger partial charge >= 0.3 is 5.97 Å². The highest BCUT2D eigenvalue weighted by molar-refractivity contribution is 5.89. The number of benzene rings is 2. The van der Waals surface area contributed by atoms with Crippen molar-refractivity contribution in [3.8, 4) is 16.9 Å². The average molecular weight is 303 g/mol. The largest absolute Gasteiger partial charge is 0.422 e. The molecule has 23 heavy (non-hydrogen) atoms. The summed E-state index contributed by atoms with van der Waals surface area (Å²) in [4.78, 5) is 16.3. The van der Waals surface area contributed by atoms with E-state index in [0.717, 1.165) is 16.7 Å². The van der Waals surface area contributed by atoms with Gasteiger partial charge in [-0.2, -0.15) is 0 Å². The fourth-order valence-corrected chi connectivity index (χ4v) is 2.20. The molecule has 0 bridgehead atoms. The van der Waals surface area contributed by atoms with Gasteiger partial charge in [-0.15, -0.1) is 0 Å². The summed E-state index contributed by atoms with van der Waals surface area (Å²) in [7, 11) is 0. The third kappa shape index (κ3) is 3.64. The van der Waals surface area contributed by atoms with E-state index in [2.05, 4.69) is 17.1 Å². The van der Waals surface area contributed by atoms with Crippen LogP contribution in [0.3, 0.4) is 0 Å². The van der Waals surface area contributed by atoms with Crippen LogP contribution in [0.4, 0.5) is 0 Å². The van der Waals surface area contributed by atoms with E-state index in [1.54, 1.807) is 24.4 Å². The molecule has 0 N–H and O–H groups in total. The Morgan fingerprint density at radius 1 is 0.783 bits per heavy atom. The molecule has 2 aromatic carbocycles. The van der Waals surface area contributed by atoms with E-state index < -0.39 is 5.97 Å². The maximum atomic E-state index is 12.1. The van der Waals surface area contributed by atoms with Crippen LogP contribution in [0.2, 0.25) is 0 Å². The Morgan fingerprint density at radius 3 is 1.91 bits per heavy atom. The first kappa shape index (κ1) is 15.0. The van der Waals surface area contributed by atoms with Gasteiger partial charge in [0.25, 0.3) is 0 Å². The number of aromatic nitrogens is 1. The first-order valence-corrected chi connectivity index (χ1v) is 7.44. The van der Waals surface area contributed by atoms with Gasteiger partial charge in [-0.1, -0.05) is 53.6 Å². The van der Waals surface area contributed by atoms with Gasteiger partial charge in [-0.3, -0.25) is 0 Å². The Morgan fingerprint density at radius 2 is 1.35 bits per heavy atom. The number of carbonyl (C=O) groups excluding carboxylic acids is 1. The van der Waals surface area contributed by atoms with Gasteiger partial charge in [0.15, 0.2) is 0 Å². The first-order valence-electron chi connectivity index (χ1n) is 7.44. The lowest BCUT2D eigenvalue weighted by Crippen LogP contribution is -2.10. The van der Waals surface area contributed by atoms with E-state index >= 15 is 0 Å². The summed E-state index contributed by atoms with van der Waals surface area (Å²) in [5, 5.41) is 0. The standard InChI is InChI=1S/C20H17NO2/c1-14-3-7-16(8-4-14)17-9-12-19(21-13-17)20(22)23-18-10-5-15(2)6-11-18/h3-13H,1-2H3. The summed E-state index contributed by atoms with van der Waals surface area (Å²) < 4.78 is 5.32. The van der Waals surface area contributed by atoms with E-state index in [4.69, 9.17) is 4.74 Å². The SMILES string of the molecule is Cc1ccc(OC(=O)c2ccc(-c3ccc(C)cc3)cn2)cc1. The Balaban J connectivity index is 1.74. The fraction of sp³-hybridized carbons (Fsp3) is 0.100. The molecule has 3 rings (SSSR count). The molecule has 114 valence electrons. The molecule has 3 nitrogen and oxygen atoms in total. The molecular formula is C20H17NO2. The molecule has 3 heteroatoms. The molecule has 0 unspecified atom stereocenters. The summed E-state index contributed by atoms with van der Waals surface area (Å²) in [6.45, 7) is 4.03. The number of ether oxygens (including phenoxy) is 1. The zero-order valence-corrected chi connectivity index (χ0v) is 13.1. The van der Waals surface area contributed by atoms with E-state index in [-0.39, 0.29) is 0 Å². The predicted molar refractivity (Wildman–Crippen MR) is 90.5 cm³/mol. The minimum absolute atomic E-state index is 0.293. The quantitative estimate of drug-likeness (QED) is 0.525. The number of rotatable bonds is 3. The van der Waals surface area contributed by atoms with Crippen molar-refractivity contribution in [3.05, 3.63) is 83.7 Å². The number of esters is 1. The average Bonchev–Trinajstić information content (AvgIpc) is 2.58. The third-order valence-electron chi connectivity index (χ3n) is 3.59. The van der Waals surface area contributed by atoms with Crippen LogP contribution in [-0.2, 0) is 0 Å². The maximum absolute atomic E-state index is 12.1. The van der Waals surface area contributed by atoms with Crippen molar-refractivity contribution < 1.29 is 9.53 Å². The van der Waals surface area contributed by atoms with E-state index in [0.29, 0.717) is 11.4 Å². The van der Waals surface area contributed by atoms with E-state index in [9.17, 15) is 4.79 Å². The molecule has 0 aliphatic carbocycles. The monoisotopic (exact) mass is 303 g/mol. The smallest absolute Gasteiger partial charge is 0.362 e. The molecule has 0 aliphatic heterocycles. The highest BCUT2D eigenvalue weighted by Crippen LogP contribution is 2.19. The van der Waals surface area contributed by atoms with Gasteiger partial charge in [-0.05, 0) is 37.6 Å². The zero-order chi connectivity index (χ0) is 16.2. The molecule has 1 heterocycles. The van der Waals surface area contributed by atoms with Crippen LogP contribution in [0, 0.1) is 13.8 Å². The van der Waals surface area contributed by atoms with Gasteiger partial charge in [-0.25, -0.2) is 9.78 Å². The predicted octanol–water partition coefficient (Wildman–Crippen LogP) is 4.58. The topological polar surface area (TPSA) is 39.2 Å². The lowest BCUT2D eigenvalue weighted by atomic mass is 10.1. The molecule has 0 spiro atoms. The summed E-state index contributed by atoms with van der Waals surface area (Å²) >= 11 is 0. The number of hydrogen-bond donors (Lipinski definition) is 0. The number of nitrogens with zero attached hydrogens (tertiary/aromatic N) is 1. The van der Waals surface area contributed by atoms with Crippen LogP contribution < -0.4 is 4.74 Å². The van der Waals surface area contributed by atoms with E-state index in [1.807, 2.05) is 44.2 Å². The van der Waals surface area contributed by atoms with Crippen molar-refractivity contribution in [1.29, 1.82) is 0 Å². The van der Waals surface area contributed by atoms with Crippen molar-refractivity contribution in [3.63, 3.8) is 0 Å². The Kier molecular flexibility index (Phi) is 4.20. The zero-order valence-electron chi connectivity index (χ0n) is 13.1. The van der Waals surface area contributed by atoms with Crippen LogP contribution in [0.25, 0.3) is 11.1 Å². The molecule has 0 saturated heterocycles. The van der Waals surface area contributed by atoms with Gasteiger partial charge in [0, 0.05) is 11.8 Å². The number of aryl methyl sites for hydroxylation is 2. The summed E-state index contributed by atoms with van der Waals surface area (Å²) in [5.41, 5.74) is 4.66. The second-order valence-electron chi connectivity index (χ2n) is 5.50. The lowest BCUT2D eigenvalue weighted by molar-refractivity contribution is 0.0728. The third-order valence-corrected chi connectivity index (χ3v) is 3.59. The molecule has 0 radical (unpaired) electrons. The second kappa shape index (κ2) is 6.44. The van der Waals surface area contributed by atoms with Crippen LogP contribution in [-0.4, -0.2) is 11.0 Å². The highest BCUT2D eigenvalue weighted by Gasteiger charge is 2.10. The van der Waals surface area contributed by atoms with E-state index in [1.165, 1.54) is 5.56 Å². The first-order chi connectivity index (χ1) is 11.1. The second-order valence-corrected chi connectivity index (χ2v) is 5.50. The number of carbonyl (C=O) groups is 1. The van der Waals surface area contributed by atoms with Crippen molar-refractivity contribution >= 4 is 5.97 Å². The van der Waals surface area contributed by atoms with Crippen LogP contribution in [0.5, 0.6) is 5.75 Å². The van der Waals surface area contributed by atoms with Crippen molar-refractivity contribution in [2.45, 2.75) is 13.8 Å². The molecule has 0 amide bonds. The van der Waals surface area contributed by atoms with Gasteiger partial charge in [0.2, 0.25) is 0 Å². The minimum atomic E-state index is -0.454. The molecule has 0 aliphatic rings. The van der Waals surface area contributed by atoms with Gasteiger partial charge < -0.3 is 4.74 Å². The highest BCUT2D eigenvalue weighted by atomic mass is 16.5. The molecule has 0 atom stereocenters. The Labute approximate surface area is 135 Å². The molecule has 1 aromatic heterocycles. The maximum Gasteiger partial charge on any atom is 0.362 e. The number of hydrogen-bond acceptors (Lipinski definition) is 3. The Hall–Kier alpha value is -2.94. The fourth-order valence-electron chi connectivity index (χ4n) is 2.20. The van der Waals surface area contributed by atoms with Crippen molar-refractivity contribution in [2.75, 3.05) is 0 Å². The van der Waals surface area contributed by atoms with Crippen molar-refractivity contribution in [2.24, 2.45) is 0 Å². The van der Waals surface area contributed by atoms with Crippen molar-refractivity contribution in [1.82, 2.24) is 4.98 Å². The molecule has 0 saturated carbocycles. The van der Waals surface area contributed by atoms with Crippen LogP contribution in [0.1, 0.15) is 21.6 Å². The van der Waals surface area contributed by atoms with Crippen LogP contribution in [0.15, 0.2) is 66.9 Å². The Bertz CT molecular complexity index is 804. The molecule has 3 aromatic rings. The lowest BCUT2D eigenvalue weighted by Gasteiger charge is -2.06. The van der Waals surface area contributed by atoms with Gasteiger partial charge in [0.1, 0.15) is 11.4 Å². The van der Waals surface area contributed by atoms with Crippen LogP contribution >= 0.6 is 0 Å². The normalized spacial score (nSPS) is 10.3. The summed E-state index contributed by atoms with van der Waals surface area (Å²) in [6.07, 6.45) is 1.69. The summed E-state index contributed by atoms with van der Waals surface area (Å²) in [6, 6.07) is 19.1. The summed E-state index contributed by atoms with van der Waals surface area (Å²) in [5.74, 6) is 0.0642. The molecular weight excluding hydrogens is 286 g/mol. The van der Waals surface area contributed by atoms with Gasteiger partial charge in [0.05, 0.1) is 0 Å². The molecule has 0 fully saturated rings. The minimum Gasteiger partial charge on any atom is -0.422 e. The number of pyridine rings is 1.